The van der Waals surface area contributed by atoms with E-state index in [0.29, 0.717) is 0 Å². The van der Waals surface area contributed by atoms with E-state index in [9.17, 15) is 14.4 Å². The third kappa shape index (κ3) is 4.41. The van der Waals surface area contributed by atoms with Crippen molar-refractivity contribution in [1.29, 1.82) is 0 Å². The number of carboxylic acid groups (broad SMARTS) is 2. The summed E-state index contributed by atoms with van der Waals surface area (Å²) in [4.78, 5) is 32.4. The number of carboxylic acids is 2. The van der Waals surface area contributed by atoms with Crippen LogP contribution in [0.25, 0.3) is 0 Å². The molecule has 0 rings (SSSR count). The van der Waals surface area contributed by atoms with Crippen molar-refractivity contribution < 1.29 is 29.3 Å². The average Bonchev–Trinajstić information content (AvgIpc) is 2.21. The van der Waals surface area contributed by atoms with Crippen LogP contribution in [0, 0.1) is 5.92 Å². The highest BCUT2D eigenvalue weighted by molar-refractivity contribution is 5.95. The van der Waals surface area contributed by atoms with Crippen molar-refractivity contribution >= 4 is 17.9 Å². The number of esters is 1. The highest BCUT2D eigenvalue weighted by Gasteiger charge is 2.29. The highest BCUT2D eigenvalue weighted by Crippen LogP contribution is 2.16. The lowest BCUT2D eigenvalue weighted by Crippen LogP contribution is -2.24. The molecule has 0 aromatic heterocycles. The first kappa shape index (κ1) is 13.9. The van der Waals surface area contributed by atoms with Crippen molar-refractivity contribution in [3.05, 3.63) is 24.5 Å². The van der Waals surface area contributed by atoms with Crippen LogP contribution in [0.5, 0.6) is 0 Å². The Morgan fingerprint density at radius 2 is 1.94 bits per heavy atom. The molecular formula is C10H12O6. The van der Waals surface area contributed by atoms with Crippen molar-refractivity contribution in [2.45, 2.75) is 13.3 Å². The fourth-order valence-electron chi connectivity index (χ4n) is 0.890. The van der Waals surface area contributed by atoms with Crippen LogP contribution in [-0.4, -0.2) is 28.1 Å². The predicted octanol–water partition coefficient (Wildman–Crippen LogP) is 0.795. The molecule has 16 heavy (non-hydrogen) atoms. The first-order chi connectivity index (χ1) is 7.40. The second-order valence-corrected chi connectivity index (χ2v) is 2.89. The monoisotopic (exact) mass is 228 g/mol. The summed E-state index contributed by atoms with van der Waals surface area (Å²) in [5.41, 5.74) is -0.503. The van der Waals surface area contributed by atoms with Crippen molar-refractivity contribution in [3.8, 4) is 0 Å². The van der Waals surface area contributed by atoms with Crippen LogP contribution in [0.4, 0.5) is 0 Å². The SMILES string of the molecule is C=C(C(=O)O)C(CC(=O)O)C(=O)O/C=C/C. The zero-order valence-corrected chi connectivity index (χ0v) is 8.67. The number of ether oxygens (including phenoxy) is 1. The first-order valence-corrected chi connectivity index (χ1v) is 4.35. The van der Waals surface area contributed by atoms with Crippen molar-refractivity contribution in [1.82, 2.24) is 0 Å². The van der Waals surface area contributed by atoms with Gasteiger partial charge in [0.15, 0.2) is 0 Å². The molecule has 0 heterocycles. The summed E-state index contributed by atoms with van der Waals surface area (Å²) in [6, 6.07) is 0. The van der Waals surface area contributed by atoms with Crippen LogP contribution in [0.1, 0.15) is 13.3 Å². The number of hydrogen-bond acceptors (Lipinski definition) is 4. The van der Waals surface area contributed by atoms with Gasteiger partial charge in [-0.1, -0.05) is 12.7 Å². The Bertz CT molecular complexity index is 341. The lowest BCUT2D eigenvalue weighted by molar-refractivity contribution is -0.149. The molecule has 0 bridgehead atoms. The van der Waals surface area contributed by atoms with Gasteiger partial charge in [-0.15, -0.1) is 0 Å². The van der Waals surface area contributed by atoms with Gasteiger partial charge in [-0.25, -0.2) is 4.79 Å². The normalized spacial score (nSPS) is 12.1. The molecule has 0 saturated heterocycles. The molecule has 6 nitrogen and oxygen atoms in total. The summed E-state index contributed by atoms with van der Waals surface area (Å²) in [6.07, 6.45) is 1.80. The van der Waals surface area contributed by atoms with Crippen LogP contribution >= 0.6 is 0 Å². The molecule has 0 aromatic carbocycles. The predicted molar refractivity (Wildman–Crippen MR) is 53.4 cm³/mol. The first-order valence-electron chi connectivity index (χ1n) is 4.35. The van der Waals surface area contributed by atoms with Crippen molar-refractivity contribution in [2.75, 3.05) is 0 Å². The molecular weight excluding hydrogens is 216 g/mol. The Balaban J connectivity index is 4.79. The van der Waals surface area contributed by atoms with E-state index < -0.39 is 35.8 Å². The van der Waals surface area contributed by atoms with Crippen molar-refractivity contribution in [3.63, 3.8) is 0 Å². The topological polar surface area (TPSA) is 101 Å². The molecule has 0 fully saturated rings. The Labute approximate surface area is 91.8 Å². The third-order valence-corrected chi connectivity index (χ3v) is 1.68. The van der Waals surface area contributed by atoms with E-state index in [1.807, 2.05) is 0 Å². The van der Waals surface area contributed by atoms with Gasteiger partial charge in [0.1, 0.15) is 0 Å². The molecule has 1 atom stereocenters. The van der Waals surface area contributed by atoms with Crippen LogP contribution in [0.15, 0.2) is 24.5 Å². The summed E-state index contributed by atoms with van der Waals surface area (Å²) in [5.74, 6) is -5.06. The summed E-state index contributed by atoms with van der Waals surface area (Å²) in [5, 5.41) is 17.2. The smallest absolute Gasteiger partial charge is 0.331 e. The van der Waals surface area contributed by atoms with Crippen LogP contribution in [0.2, 0.25) is 0 Å². The van der Waals surface area contributed by atoms with Gasteiger partial charge >= 0.3 is 17.9 Å². The third-order valence-electron chi connectivity index (χ3n) is 1.68. The summed E-state index contributed by atoms with van der Waals surface area (Å²) in [7, 11) is 0. The highest BCUT2D eigenvalue weighted by atomic mass is 16.5. The number of carbonyl (C=O) groups is 3. The van der Waals surface area contributed by atoms with Crippen LogP contribution in [0.3, 0.4) is 0 Å². The fourth-order valence-corrected chi connectivity index (χ4v) is 0.890. The second kappa shape index (κ2) is 6.39. The van der Waals surface area contributed by atoms with E-state index in [1.54, 1.807) is 6.92 Å². The molecule has 0 amide bonds. The van der Waals surface area contributed by atoms with Crippen LogP contribution in [-0.2, 0) is 19.1 Å². The van der Waals surface area contributed by atoms with Gasteiger partial charge in [0.2, 0.25) is 0 Å². The van der Waals surface area contributed by atoms with Crippen molar-refractivity contribution in [2.24, 2.45) is 5.92 Å². The molecule has 6 heteroatoms. The van der Waals surface area contributed by atoms with Gasteiger partial charge in [0.05, 0.1) is 18.6 Å². The maximum absolute atomic E-state index is 11.3. The average molecular weight is 228 g/mol. The summed E-state index contributed by atoms with van der Waals surface area (Å²) >= 11 is 0. The van der Waals surface area contributed by atoms with Gasteiger partial charge in [0, 0.05) is 5.57 Å². The van der Waals surface area contributed by atoms with Gasteiger partial charge in [-0.05, 0) is 6.92 Å². The van der Waals surface area contributed by atoms with Crippen LogP contribution < -0.4 is 0 Å². The molecule has 0 radical (unpaired) electrons. The van der Waals surface area contributed by atoms with E-state index in [2.05, 4.69) is 11.3 Å². The molecule has 0 spiro atoms. The van der Waals surface area contributed by atoms with E-state index in [0.717, 1.165) is 6.26 Å². The molecule has 1 unspecified atom stereocenters. The molecule has 0 aliphatic carbocycles. The summed E-state index contributed by atoms with van der Waals surface area (Å²) < 4.78 is 4.52. The Kier molecular flexibility index (Phi) is 5.55. The number of hydrogen-bond donors (Lipinski definition) is 2. The van der Waals surface area contributed by atoms with E-state index in [-0.39, 0.29) is 0 Å². The minimum Gasteiger partial charge on any atom is -0.481 e. The quantitative estimate of drug-likeness (QED) is 0.396. The number of aliphatic carboxylic acids is 2. The lowest BCUT2D eigenvalue weighted by Gasteiger charge is -2.11. The zero-order valence-electron chi connectivity index (χ0n) is 8.67. The molecule has 2 N–H and O–H groups in total. The fraction of sp³-hybridized carbons (Fsp3) is 0.300. The Morgan fingerprint density at radius 3 is 2.31 bits per heavy atom. The maximum Gasteiger partial charge on any atom is 0.331 e. The van der Waals surface area contributed by atoms with Gasteiger partial charge in [-0.2, -0.15) is 0 Å². The molecule has 0 aromatic rings. The Hall–Kier alpha value is -2.11. The molecule has 0 saturated carbocycles. The number of rotatable bonds is 6. The lowest BCUT2D eigenvalue weighted by atomic mass is 9.97. The van der Waals surface area contributed by atoms with E-state index in [1.165, 1.54) is 6.08 Å². The molecule has 88 valence electrons. The van der Waals surface area contributed by atoms with E-state index in [4.69, 9.17) is 10.2 Å². The van der Waals surface area contributed by atoms with E-state index >= 15 is 0 Å². The number of allylic oxidation sites excluding steroid dienone is 1. The molecule has 0 aliphatic rings. The summed E-state index contributed by atoms with van der Waals surface area (Å²) in [6.45, 7) is 4.74. The molecule has 0 aliphatic heterocycles. The van der Waals surface area contributed by atoms with Gasteiger partial charge in [-0.3, -0.25) is 9.59 Å². The standard InChI is InChI=1S/C10H12O6/c1-3-4-16-10(15)7(5-8(11)12)6(2)9(13)14/h3-4,7H,2,5H2,1H3,(H,11,12)(H,13,14)/b4-3+. The van der Waals surface area contributed by atoms with Gasteiger partial charge in [0.25, 0.3) is 0 Å². The second-order valence-electron chi connectivity index (χ2n) is 2.89. The minimum absolute atomic E-state index is 0.503. The minimum atomic E-state index is -1.43. The maximum atomic E-state index is 11.3. The largest absolute Gasteiger partial charge is 0.481 e. The van der Waals surface area contributed by atoms with Gasteiger partial charge < -0.3 is 14.9 Å². The Morgan fingerprint density at radius 1 is 1.38 bits per heavy atom. The number of carbonyl (C=O) groups excluding carboxylic acids is 1. The zero-order chi connectivity index (χ0) is 12.7.